The van der Waals surface area contributed by atoms with Crippen LogP contribution in [-0.2, 0) is 12.8 Å². The number of hydrogen-bond acceptors (Lipinski definition) is 1. The fourth-order valence-electron chi connectivity index (χ4n) is 1.48. The highest BCUT2D eigenvalue weighted by atomic mass is 19.1. The van der Waals surface area contributed by atoms with E-state index in [9.17, 15) is 9.50 Å². The van der Waals surface area contributed by atoms with E-state index in [0.29, 0.717) is 12.0 Å². The van der Waals surface area contributed by atoms with E-state index in [4.69, 9.17) is 0 Å². The predicted molar refractivity (Wildman–Crippen MR) is 56.1 cm³/mol. The summed E-state index contributed by atoms with van der Waals surface area (Å²) in [6.07, 6.45) is 3.41. The summed E-state index contributed by atoms with van der Waals surface area (Å²) >= 11 is 0. The lowest BCUT2D eigenvalue weighted by atomic mass is 10.0. The van der Waals surface area contributed by atoms with Gasteiger partial charge in [-0.1, -0.05) is 20.3 Å². The molecule has 0 saturated carbocycles. The first kappa shape index (κ1) is 11.0. The Morgan fingerprint density at radius 1 is 1.21 bits per heavy atom. The Labute approximate surface area is 84.6 Å². The number of aromatic hydroxyl groups is 1. The van der Waals surface area contributed by atoms with Gasteiger partial charge in [-0.05, 0) is 42.5 Å². The molecule has 0 heterocycles. The highest BCUT2D eigenvalue weighted by Gasteiger charge is 2.07. The summed E-state index contributed by atoms with van der Waals surface area (Å²) in [7, 11) is 0. The molecule has 14 heavy (non-hydrogen) atoms. The van der Waals surface area contributed by atoms with Crippen molar-refractivity contribution < 1.29 is 9.50 Å². The van der Waals surface area contributed by atoms with Crippen LogP contribution in [0.2, 0.25) is 0 Å². The van der Waals surface area contributed by atoms with Gasteiger partial charge in [0.15, 0.2) is 0 Å². The predicted octanol–water partition coefficient (Wildman–Crippen LogP) is 3.44. The highest BCUT2D eigenvalue weighted by molar-refractivity contribution is 5.37. The normalized spacial score (nSPS) is 10.5. The van der Waals surface area contributed by atoms with E-state index in [2.05, 4.69) is 6.92 Å². The van der Waals surface area contributed by atoms with Gasteiger partial charge in [0.05, 0.1) is 0 Å². The van der Waals surface area contributed by atoms with Crippen LogP contribution < -0.4 is 0 Å². The van der Waals surface area contributed by atoms with Crippen LogP contribution in [0.25, 0.3) is 0 Å². The first-order chi connectivity index (χ1) is 6.69. The number of hydrogen-bond donors (Lipinski definition) is 1. The first-order valence-corrected chi connectivity index (χ1v) is 5.19. The number of phenols is 1. The number of rotatable bonds is 4. The minimum Gasteiger partial charge on any atom is -0.508 e. The molecule has 0 spiro atoms. The first-order valence-electron chi connectivity index (χ1n) is 5.19. The average Bonchev–Trinajstić information content (AvgIpc) is 2.18. The van der Waals surface area contributed by atoms with Crippen LogP contribution in [0.15, 0.2) is 12.1 Å². The van der Waals surface area contributed by atoms with Gasteiger partial charge in [-0.25, -0.2) is 4.39 Å². The van der Waals surface area contributed by atoms with Crippen LogP contribution >= 0.6 is 0 Å². The monoisotopic (exact) mass is 196 g/mol. The third kappa shape index (κ3) is 2.47. The van der Waals surface area contributed by atoms with E-state index in [1.807, 2.05) is 6.92 Å². The molecule has 0 aromatic heterocycles. The second kappa shape index (κ2) is 4.99. The Bertz CT molecular complexity index is 307. The second-order valence-corrected chi connectivity index (χ2v) is 3.53. The summed E-state index contributed by atoms with van der Waals surface area (Å²) in [5.41, 5.74) is 1.31. The van der Waals surface area contributed by atoms with Crippen LogP contribution in [0.1, 0.15) is 37.8 Å². The third-order valence-electron chi connectivity index (χ3n) is 2.43. The van der Waals surface area contributed by atoms with Crippen molar-refractivity contribution in [1.29, 1.82) is 0 Å². The Morgan fingerprint density at radius 2 is 1.93 bits per heavy atom. The van der Waals surface area contributed by atoms with E-state index in [-0.39, 0.29) is 11.6 Å². The number of unbranched alkanes of at least 4 members (excludes halogenated alkanes) is 1. The molecule has 78 valence electrons. The summed E-state index contributed by atoms with van der Waals surface area (Å²) in [4.78, 5) is 0. The van der Waals surface area contributed by atoms with Crippen LogP contribution in [0, 0.1) is 5.82 Å². The maximum absolute atomic E-state index is 13.3. The SMILES string of the molecule is CCCCc1cc(F)c(CC)cc1O. The Balaban J connectivity index is 2.90. The summed E-state index contributed by atoms with van der Waals surface area (Å²) < 4.78 is 13.3. The molecule has 1 rings (SSSR count). The van der Waals surface area contributed by atoms with Gasteiger partial charge in [-0.15, -0.1) is 0 Å². The second-order valence-electron chi connectivity index (χ2n) is 3.53. The number of benzene rings is 1. The Kier molecular flexibility index (Phi) is 3.93. The standard InChI is InChI=1S/C12H17FO/c1-3-5-6-10-7-11(13)9(4-2)8-12(10)14/h7-8,14H,3-6H2,1-2H3. The van der Waals surface area contributed by atoms with Crippen molar-refractivity contribution in [3.63, 3.8) is 0 Å². The Hall–Kier alpha value is -1.05. The van der Waals surface area contributed by atoms with Crippen molar-refractivity contribution in [2.45, 2.75) is 39.5 Å². The van der Waals surface area contributed by atoms with Crippen molar-refractivity contribution >= 4 is 0 Å². The molecule has 1 N–H and O–H groups in total. The van der Waals surface area contributed by atoms with Crippen LogP contribution in [0.4, 0.5) is 4.39 Å². The fraction of sp³-hybridized carbons (Fsp3) is 0.500. The average molecular weight is 196 g/mol. The molecule has 0 aliphatic heterocycles. The zero-order valence-electron chi connectivity index (χ0n) is 8.81. The zero-order chi connectivity index (χ0) is 10.6. The van der Waals surface area contributed by atoms with E-state index < -0.39 is 0 Å². The van der Waals surface area contributed by atoms with Gasteiger partial charge in [0, 0.05) is 0 Å². The summed E-state index contributed by atoms with van der Waals surface area (Å²) in [6.45, 7) is 3.96. The molecule has 1 aromatic carbocycles. The number of halogens is 1. The quantitative estimate of drug-likeness (QED) is 0.782. The molecular weight excluding hydrogens is 179 g/mol. The lowest BCUT2D eigenvalue weighted by molar-refractivity contribution is 0.462. The molecule has 0 aliphatic rings. The van der Waals surface area contributed by atoms with Gasteiger partial charge >= 0.3 is 0 Å². The molecule has 2 heteroatoms. The molecule has 0 amide bonds. The lowest BCUT2D eigenvalue weighted by Crippen LogP contribution is -1.93. The van der Waals surface area contributed by atoms with E-state index in [0.717, 1.165) is 24.8 Å². The summed E-state index contributed by atoms with van der Waals surface area (Å²) in [5.74, 6) is 0.0353. The van der Waals surface area contributed by atoms with Crippen molar-refractivity contribution in [1.82, 2.24) is 0 Å². The summed E-state index contributed by atoms with van der Waals surface area (Å²) in [6, 6.07) is 3.00. The molecule has 1 nitrogen and oxygen atoms in total. The molecule has 0 atom stereocenters. The smallest absolute Gasteiger partial charge is 0.126 e. The highest BCUT2D eigenvalue weighted by Crippen LogP contribution is 2.23. The van der Waals surface area contributed by atoms with Crippen LogP contribution in [0.5, 0.6) is 5.75 Å². The minimum atomic E-state index is -0.198. The fourth-order valence-corrected chi connectivity index (χ4v) is 1.48. The minimum absolute atomic E-state index is 0.198. The van der Waals surface area contributed by atoms with Gasteiger partial charge in [-0.2, -0.15) is 0 Å². The van der Waals surface area contributed by atoms with Gasteiger partial charge in [0.2, 0.25) is 0 Å². The van der Waals surface area contributed by atoms with E-state index in [1.54, 1.807) is 6.07 Å². The lowest BCUT2D eigenvalue weighted by Gasteiger charge is -2.07. The molecule has 0 saturated heterocycles. The molecule has 0 unspecified atom stereocenters. The van der Waals surface area contributed by atoms with E-state index in [1.165, 1.54) is 6.07 Å². The molecule has 0 fully saturated rings. The van der Waals surface area contributed by atoms with Crippen molar-refractivity contribution in [2.75, 3.05) is 0 Å². The molecule has 1 aromatic rings. The van der Waals surface area contributed by atoms with Gasteiger partial charge in [0.1, 0.15) is 11.6 Å². The maximum Gasteiger partial charge on any atom is 0.126 e. The van der Waals surface area contributed by atoms with Gasteiger partial charge < -0.3 is 5.11 Å². The molecule has 0 bridgehead atoms. The topological polar surface area (TPSA) is 20.2 Å². The Morgan fingerprint density at radius 3 is 2.50 bits per heavy atom. The van der Waals surface area contributed by atoms with Gasteiger partial charge in [-0.3, -0.25) is 0 Å². The van der Waals surface area contributed by atoms with Crippen LogP contribution in [0.3, 0.4) is 0 Å². The molecule has 0 aliphatic carbocycles. The zero-order valence-corrected chi connectivity index (χ0v) is 8.81. The van der Waals surface area contributed by atoms with E-state index >= 15 is 0 Å². The van der Waals surface area contributed by atoms with Crippen molar-refractivity contribution in [3.05, 3.63) is 29.1 Å². The van der Waals surface area contributed by atoms with Crippen LogP contribution in [-0.4, -0.2) is 5.11 Å². The molecule has 0 radical (unpaired) electrons. The van der Waals surface area contributed by atoms with Crippen molar-refractivity contribution in [2.24, 2.45) is 0 Å². The number of phenolic OH excluding ortho intramolecular Hbond substituents is 1. The van der Waals surface area contributed by atoms with Crippen molar-refractivity contribution in [3.8, 4) is 5.75 Å². The molecular formula is C12H17FO. The summed E-state index contributed by atoms with van der Waals surface area (Å²) in [5, 5.41) is 9.61. The largest absolute Gasteiger partial charge is 0.508 e. The maximum atomic E-state index is 13.3. The number of aryl methyl sites for hydroxylation is 2. The van der Waals surface area contributed by atoms with Gasteiger partial charge in [0.25, 0.3) is 0 Å². The third-order valence-corrected chi connectivity index (χ3v) is 2.43.